The van der Waals surface area contributed by atoms with Crippen LogP contribution in [0.4, 0.5) is 0 Å². The number of benzene rings is 1. The van der Waals surface area contributed by atoms with Crippen molar-refractivity contribution >= 4 is 31.9 Å². The quantitative estimate of drug-likeness (QED) is 0.649. The summed E-state index contributed by atoms with van der Waals surface area (Å²) >= 11 is 7.14. The van der Waals surface area contributed by atoms with Crippen molar-refractivity contribution in [3.8, 4) is 5.75 Å². The smallest absolute Gasteiger partial charge is 0.123 e. The van der Waals surface area contributed by atoms with E-state index in [9.17, 15) is 5.11 Å². The van der Waals surface area contributed by atoms with Crippen LogP contribution < -0.4 is 0 Å². The highest BCUT2D eigenvalue weighted by molar-refractivity contribution is 9.10. The van der Waals surface area contributed by atoms with Gasteiger partial charge >= 0.3 is 0 Å². The van der Waals surface area contributed by atoms with Crippen LogP contribution in [-0.2, 0) is 10.7 Å². The zero-order valence-corrected chi connectivity index (χ0v) is 14.7. The van der Waals surface area contributed by atoms with Crippen molar-refractivity contribution in [2.45, 2.75) is 49.3 Å². The second kappa shape index (κ2) is 4.74. The standard InChI is InChI=1S/C17H20Br2O/c18-9-13-4-14(19)5-15(16(13)20)17-6-10-1-11(7-17)3-12(2-10)8-17/h4-5,10-12,20H,1-3,6-9H2. The first-order valence-corrected chi connectivity index (χ1v) is 9.59. The van der Waals surface area contributed by atoms with Crippen molar-refractivity contribution < 1.29 is 5.11 Å². The Hall–Kier alpha value is -0.0200. The summed E-state index contributed by atoms with van der Waals surface area (Å²) in [6, 6.07) is 4.22. The van der Waals surface area contributed by atoms with Gasteiger partial charge in [-0.15, -0.1) is 0 Å². The van der Waals surface area contributed by atoms with E-state index in [1.54, 1.807) is 0 Å². The van der Waals surface area contributed by atoms with E-state index >= 15 is 0 Å². The van der Waals surface area contributed by atoms with Crippen molar-refractivity contribution in [2.24, 2.45) is 17.8 Å². The molecule has 0 spiro atoms. The summed E-state index contributed by atoms with van der Waals surface area (Å²) in [5.41, 5.74) is 2.50. The largest absolute Gasteiger partial charge is 0.507 e. The third-order valence-electron chi connectivity index (χ3n) is 5.91. The fourth-order valence-electron chi connectivity index (χ4n) is 5.60. The Kier molecular flexibility index (Phi) is 3.23. The van der Waals surface area contributed by atoms with Gasteiger partial charge < -0.3 is 5.11 Å². The molecule has 0 aromatic heterocycles. The Bertz CT molecular complexity index is 517. The van der Waals surface area contributed by atoms with Gasteiger partial charge in [0.2, 0.25) is 0 Å². The van der Waals surface area contributed by atoms with Crippen LogP contribution in [0.1, 0.15) is 49.7 Å². The zero-order valence-electron chi connectivity index (χ0n) is 11.5. The molecule has 3 heteroatoms. The maximum Gasteiger partial charge on any atom is 0.123 e. The molecule has 0 unspecified atom stereocenters. The average molecular weight is 400 g/mol. The first-order chi connectivity index (χ1) is 9.59. The fraction of sp³-hybridized carbons (Fsp3) is 0.647. The van der Waals surface area contributed by atoms with Gasteiger partial charge in [-0.25, -0.2) is 0 Å². The summed E-state index contributed by atoms with van der Waals surface area (Å²) in [7, 11) is 0. The number of phenolic OH excluding ortho intramolecular Hbond substituents is 1. The van der Waals surface area contributed by atoms with Crippen LogP contribution in [0.2, 0.25) is 0 Å². The van der Waals surface area contributed by atoms with Crippen LogP contribution in [-0.4, -0.2) is 5.11 Å². The first kappa shape index (κ1) is 13.6. The van der Waals surface area contributed by atoms with Crippen molar-refractivity contribution in [2.75, 3.05) is 0 Å². The molecule has 0 saturated heterocycles. The summed E-state index contributed by atoms with van der Waals surface area (Å²) in [6.07, 6.45) is 8.22. The molecule has 1 aromatic rings. The molecule has 1 N–H and O–H groups in total. The molecule has 0 atom stereocenters. The van der Waals surface area contributed by atoms with Crippen LogP contribution in [0, 0.1) is 17.8 Å². The molecule has 1 aromatic carbocycles. The average Bonchev–Trinajstić information content (AvgIpc) is 2.39. The third kappa shape index (κ3) is 1.99. The molecule has 0 heterocycles. The number of hydrogen-bond donors (Lipinski definition) is 1. The lowest BCUT2D eigenvalue weighted by molar-refractivity contribution is -0.00620. The van der Waals surface area contributed by atoms with E-state index in [4.69, 9.17) is 0 Å². The van der Waals surface area contributed by atoms with Crippen LogP contribution in [0.5, 0.6) is 5.75 Å². The Balaban J connectivity index is 1.82. The molecule has 4 saturated carbocycles. The molecule has 0 radical (unpaired) electrons. The topological polar surface area (TPSA) is 20.2 Å². The predicted molar refractivity (Wildman–Crippen MR) is 88.3 cm³/mol. The van der Waals surface area contributed by atoms with Gasteiger partial charge in [-0.2, -0.15) is 0 Å². The molecule has 108 valence electrons. The van der Waals surface area contributed by atoms with Gasteiger partial charge in [0, 0.05) is 20.9 Å². The zero-order chi connectivity index (χ0) is 13.9. The fourth-order valence-corrected chi connectivity index (χ4v) is 6.54. The van der Waals surface area contributed by atoms with E-state index < -0.39 is 0 Å². The third-order valence-corrected chi connectivity index (χ3v) is 6.97. The first-order valence-electron chi connectivity index (χ1n) is 7.67. The molecule has 4 aliphatic carbocycles. The van der Waals surface area contributed by atoms with Crippen molar-refractivity contribution in [1.29, 1.82) is 0 Å². The molecular weight excluding hydrogens is 380 g/mol. The van der Waals surface area contributed by atoms with Gasteiger partial charge in [-0.05, 0) is 73.8 Å². The molecule has 1 nitrogen and oxygen atoms in total. The maximum atomic E-state index is 10.7. The molecule has 4 bridgehead atoms. The lowest BCUT2D eigenvalue weighted by Crippen LogP contribution is -2.48. The SMILES string of the molecule is Oc1c(CBr)cc(Br)cc1C12CC3CC(CC(C3)C1)C2. The van der Waals surface area contributed by atoms with E-state index in [-0.39, 0.29) is 5.41 Å². The number of hydrogen-bond acceptors (Lipinski definition) is 1. The van der Waals surface area contributed by atoms with Crippen LogP contribution in [0.3, 0.4) is 0 Å². The minimum absolute atomic E-state index is 0.263. The molecular formula is C17H20Br2O. The highest BCUT2D eigenvalue weighted by Gasteiger charge is 2.52. The lowest BCUT2D eigenvalue weighted by Gasteiger charge is -2.57. The number of halogens is 2. The highest BCUT2D eigenvalue weighted by atomic mass is 79.9. The van der Waals surface area contributed by atoms with Crippen LogP contribution in [0.25, 0.3) is 0 Å². The summed E-state index contributed by atoms with van der Waals surface area (Å²) in [5.74, 6) is 3.28. The van der Waals surface area contributed by atoms with Crippen LogP contribution >= 0.6 is 31.9 Å². The van der Waals surface area contributed by atoms with Gasteiger partial charge in [0.15, 0.2) is 0 Å². The summed E-state index contributed by atoms with van der Waals surface area (Å²) in [5, 5.41) is 11.4. The summed E-state index contributed by atoms with van der Waals surface area (Å²) in [4.78, 5) is 0. The minimum Gasteiger partial charge on any atom is -0.507 e. The number of phenols is 1. The van der Waals surface area contributed by atoms with E-state index in [0.717, 1.165) is 33.1 Å². The van der Waals surface area contributed by atoms with E-state index in [1.807, 2.05) is 6.07 Å². The number of rotatable bonds is 2. The number of aromatic hydroxyl groups is 1. The molecule has 4 fully saturated rings. The predicted octanol–water partition coefficient (Wildman–Crippen LogP) is 5.52. The Morgan fingerprint density at radius 3 is 2.10 bits per heavy atom. The lowest BCUT2D eigenvalue weighted by atomic mass is 9.48. The minimum atomic E-state index is 0.263. The van der Waals surface area contributed by atoms with Gasteiger partial charge in [-0.1, -0.05) is 31.9 Å². The Morgan fingerprint density at radius 2 is 1.60 bits per heavy atom. The molecule has 0 aliphatic heterocycles. The van der Waals surface area contributed by atoms with E-state index in [2.05, 4.69) is 37.9 Å². The van der Waals surface area contributed by atoms with Crippen molar-refractivity contribution in [3.63, 3.8) is 0 Å². The monoisotopic (exact) mass is 398 g/mol. The number of alkyl halides is 1. The van der Waals surface area contributed by atoms with Crippen molar-refractivity contribution in [3.05, 3.63) is 27.7 Å². The van der Waals surface area contributed by atoms with Crippen LogP contribution in [0.15, 0.2) is 16.6 Å². The van der Waals surface area contributed by atoms with Gasteiger partial charge in [-0.3, -0.25) is 0 Å². The van der Waals surface area contributed by atoms with Crippen molar-refractivity contribution in [1.82, 2.24) is 0 Å². The second-order valence-corrected chi connectivity index (χ2v) is 8.77. The van der Waals surface area contributed by atoms with Gasteiger partial charge in [0.25, 0.3) is 0 Å². The molecule has 4 aliphatic rings. The van der Waals surface area contributed by atoms with Gasteiger partial charge in [0.05, 0.1) is 0 Å². The Labute approximate surface area is 137 Å². The second-order valence-electron chi connectivity index (χ2n) is 7.29. The molecule has 0 amide bonds. The van der Waals surface area contributed by atoms with E-state index in [1.165, 1.54) is 44.1 Å². The maximum absolute atomic E-state index is 10.7. The summed E-state index contributed by atoms with van der Waals surface area (Å²) < 4.78 is 1.11. The van der Waals surface area contributed by atoms with Gasteiger partial charge in [0.1, 0.15) is 5.75 Å². The van der Waals surface area contributed by atoms with E-state index in [0.29, 0.717) is 5.75 Å². The molecule has 5 rings (SSSR count). The summed E-state index contributed by atoms with van der Waals surface area (Å²) in [6.45, 7) is 0. The normalized spacial score (nSPS) is 38.4. The molecule has 20 heavy (non-hydrogen) atoms. The Morgan fingerprint density at radius 1 is 1.05 bits per heavy atom. The highest BCUT2D eigenvalue weighted by Crippen LogP contribution is 2.62.